The van der Waals surface area contributed by atoms with Crippen molar-refractivity contribution in [2.24, 2.45) is 0 Å². The number of carbonyl (C=O) groups excluding carboxylic acids is 1. The Morgan fingerprint density at radius 2 is 1.77 bits per heavy atom. The molecule has 1 fully saturated rings. The van der Waals surface area contributed by atoms with Crippen molar-refractivity contribution in [2.45, 2.75) is 71.1 Å². The second kappa shape index (κ2) is 11.9. The Kier molecular flexibility index (Phi) is 8.91. The van der Waals surface area contributed by atoms with E-state index in [0.29, 0.717) is 29.1 Å². The summed E-state index contributed by atoms with van der Waals surface area (Å²) in [7, 11) is -1.24. The summed E-state index contributed by atoms with van der Waals surface area (Å²) in [6, 6.07) is 10.7. The molecule has 3 atom stereocenters. The second-order valence-corrected chi connectivity index (χ2v) is 11.1. The van der Waals surface area contributed by atoms with Gasteiger partial charge in [0.1, 0.15) is 37.1 Å². The molecule has 3 aliphatic rings. The average molecular weight is 555 g/mol. The van der Waals surface area contributed by atoms with Crippen molar-refractivity contribution in [1.29, 1.82) is 0 Å². The van der Waals surface area contributed by atoms with Crippen LogP contribution < -0.4 is 20.4 Å². The van der Waals surface area contributed by atoms with Crippen LogP contribution in [0.15, 0.2) is 36.4 Å². The third kappa shape index (κ3) is 6.34. The Hall–Kier alpha value is -2.96. The molecule has 0 bridgehead atoms. The Balaban J connectivity index is 0.000000188. The molecule has 5 rings (SSSR count). The van der Waals surface area contributed by atoms with Crippen LogP contribution in [0.2, 0.25) is 0 Å². The topological polar surface area (TPSA) is 136 Å². The van der Waals surface area contributed by atoms with Gasteiger partial charge in [0.25, 0.3) is 0 Å². The van der Waals surface area contributed by atoms with E-state index < -0.39 is 37.6 Å². The van der Waals surface area contributed by atoms with E-state index in [9.17, 15) is 20.0 Å². The fourth-order valence-corrected chi connectivity index (χ4v) is 4.56. The summed E-state index contributed by atoms with van der Waals surface area (Å²) in [5, 5.41) is 20.1. The summed E-state index contributed by atoms with van der Waals surface area (Å²) in [5.41, 5.74) is 1.61. The maximum Gasteiger partial charge on any atom is 0.499 e. The van der Waals surface area contributed by atoms with Crippen LogP contribution in [-0.4, -0.2) is 73.7 Å². The van der Waals surface area contributed by atoms with Gasteiger partial charge in [-0.3, -0.25) is 14.9 Å². The zero-order chi connectivity index (χ0) is 29.2. The molecule has 3 unspecified atom stereocenters. The van der Waals surface area contributed by atoms with Crippen molar-refractivity contribution in [3.8, 4) is 11.5 Å². The zero-order valence-electron chi connectivity index (χ0n) is 23.6. The van der Waals surface area contributed by atoms with Gasteiger partial charge in [-0.2, -0.15) is 0 Å². The lowest BCUT2D eigenvalue weighted by Crippen LogP contribution is -2.41. The largest absolute Gasteiger partial charge is 0.499 e. The Morgan fingerprint density at radius 3 is 2.40 bits per heavy atom. The molecule has 2 aromatic carbocycles. The van der Waals surface area contributed by atoms with Crippen molar-refractivity contribution in [1.82, 2.24) is 0 Å². The smallest absolute Gasteiger partial charge is 0.491 e. The Labute approximate surface area is 234 Å². The minimum atomic E-state index is -0.685. The molecule has 3 heterocycles. The number of benzene rings is 2. The first-order valence-electron chi connectivity index (χ1n) is 13.3. The molecular weight excluding hydrogens is 520 g/mol. The normalized spacial score (nSPS) is 22.8. The lowest BCUT2D eigenvalue weighted by molar-refractivity contribution is -0.490. The van der Waals surface area contributed by atoms with E-state index in [-0.39, 0.29) is 24.2 Å². The molecule has 0 saturated carbocycles. The van der Waals surface area contributed by atoms with Gasteiger partial charge in [0, 0.05) is 21.4 Å². The first-order chi connectivity index (χ1) is 18.8. The van der Waals surface area contributed by atoms with Crippen LogP contribution in [-0.2, 0) is 18.6 Å². The molecule has 1 saturated heterocycles. The molecule has 214 valence electrons. The fourth-order valence-electron chi connectivity index (χ4n) is 4.56. The van der Waals surface area contributed by atoms with Crippen molar-refractivity contribution >= 4 is 31.4 Å². The number of nitro groups is 1. The third-order valence-electron chi connectivity index (χ3n) is 7.31. The van der Waals surface area contributed by atoms with Gasteiger partial charge in [-0.1, -0.05) is 24.3 Å². The zero-order valence-corrected chi connectivity index (χ0v) is 23.6. The molecular formula is C27H35B2NO10. The van der Waals surface area contributed by atoms with Crippen molar-refractivity contribution < 1.29 is 42.9 Å². The molecule has 0 amide bonds. The number of aliphatic hydroxyl groups is 1. The summed E-state index contributed by atoms with van der Waals surface area (Å²) < 4.78 is 34.6. The van der Waals surface area contributed by atoms with Crippen molar-refractivity contribution in [2.75, 3.05) is 19.8 Å². The minimum absolute atomic E-state index is 0.107. The van der Waals surface area contributed by atoms with E-state index in [0.717, 1.165) is 17.3 Å². The summed E-state index contributed by atoms with van der Waals surface area (Å²) in [6.45, 7) is 11.7. The van der Waals surface area contributed by atoms with E-state index in [1.54, 1.807) is 25.1 Å². The molecule has 3 aliphatic heterocycles. The van der Waals surface area contributed by atoms with Gasteiger partial charge < -0.3 is 33.2 Å². The lowest BCUT2D eigenvalue weighted by Gasteiger charge is -2.32. The Bertz CT molecular complexity index is 1220. The van der Waals surface area contributed by atoms with E-state index in [4.69, 9.17) is 28.1 Å². The molecule has 13 heteroatoms. The van der Waals surface area contributed by atoms with E-state index in [1.165, 1.54) is 0 Å². The predicted molar refractivity (Wildman–Crippen MR) is 148 cm³/mol. The SMILES string of the molecule is CC(O)COc1cccc(C=O)c1B1OC(C)(C)C(C)(C)O1.CC1COc2cccc3c2B(O1)OC3C[N+](=O)[O-]. The third-order valence-corrected chi connectivity index (χ3v) is 7.31. The van der Waals surface area contributed by atoms with Crippen molar-refractivity contribution in [3.63, 3.8) is 0 Å². The van der Waals surface area contributed by atoms with Gasteiger partial charge in [-0.25, -0.2) is 0 Å². The highest BCUT2D eigenvalue weighted by atomic mass is 16.7. The molecule has 2 aromatic rings. The number of nitrogens with zero attached hydrogens (tertiary/aromatic N) is 1. The lowest BCUT2D eigenvalue weighted by atomic mass is 9.75. The highest BCUT2D eigenvalue weighted by Crippen LogP contribution is 2.37. The molecule has 11 nitrogen and oxygen atoms in total. The number of hydrogen-bond acceptors (Lipinski definition) is 10. The van der Waals surface area contributed by atoms with Gasteiger partial charge in [0.15, 0.2) is 0 Å². The number of carbonyl (C=O) groups is 1. The first-order valence-corrected chi connectivity index (χ1v) is 13.3. The quantitative estimate of drug-likeness (QED) is 0.234. The van der Waals surface area contributed by atoms with Crippen LogP contribution in [0.1, 0.15) is 63.6 Å². The van der Waals surface area contributed by atoms with Gasteiger partial charge in [-0.05, 0) is 59.2 Å². The van der Waals surface area contributed by atoms with Crippen molar-refractivity contribution in [3.05, 3.63) is 57.6 Å². The average Bonchev–Trinajstić information content (AvgIpc) is 3.25. The Morgan fingerprint density at radius 1 is 1.10 bits per heavy atom. The maximum absolute atomic E-state index is 11.4. The molecule has 0 radical (unpaired) electrons. The predicted octanol–water partition coefficient (Wildman–Crippen LogP) is 2.09. The van der Waals surface area contributed by atoms with Crippen LogP contribution in [0, 0.1) is 10.1 Å². The molecule has 0 aliphatic carbocycles. The summed E-state index contributed by atoms with van der Waals surface area (Å²) in [6.07, 6.45) is -0.514. The molecule has 1 N–H and O–H groups in total. The standard InChI is InChI=1S/C16H23BO5.C11H12BNO5/c1-11(19)10-20-13-8-6-7-12(9-18)14(13)17-21-15(2,3)16(4,5)22-17;1-7-6-16-9-4-2-3-8-10(5-13(14)15)18-12(17-7)11(8)9/h6-9,11,19H,10H2,1-5H3;2-4,7,10H,5-6H2,1H3. The highest BCUT2D eigenvalue weighted by Gasteiger charge is 2.53. The monoisotopic (exact) mass is 555 g/mol. The van der Waals surface area contributed by atoms with E-state index >= 15 is 0 Å². The van der Waals surface area contributed by atoms with Gasteiger partial charge in [0.05, 0.1) is 23.4 Å². The van der Waals surface area contributed by atoms with E-state index in [1.807, 2.05) is 52.8 Å². The van der Waals surface area contributed by atoms with Crippen LogP contribution in [0.3, 0.4) is 0 Å². The molecule has 0 aromatic heterocycles. The van der Waals surface area contributed by atoms with Crippen LogP contribution >= 0.6 is 0 Å². The van der Waals surface area contributed by atoms with E-state index in [2.05, 4.69) is 0 Å². The maximum atomic E-state index is 11.4. The summed E-state index contributed by atoms with van der Waals surface area (Å²) >= 11 is 0. The van der Waals surface area contributed by atoms with Gasteiger partial charge >= 0.3 is 14.2 Å². The number of ether oxygens (including phenoxy) is 2. The summed E-state index contributed by atoms with van der Waals surface area (Å²) in [5.74, 6) is 1.19. The molecule has 40 heavy (non-hydrogen) atoms. The molecule has 0 spiro atoms. The fraction of sp³-hybridized carbons (Fsp3) is 0.519. The first kappa shape index (κ1) is 30.0. The van der Waals surface area contributed by atoms with Gasteiger partial charge in [0.2, 0.25) is 6.54 Å². The number of rotatable bonds is 7. The number of aldehydes is 1. The number of aliphatic hydroxyl groups excluding tert-OH is 1. The number of hydrogen-bond donors (Lipinski definition) is 1. The van der Waals surface area contributed by atoms with Crippen LogP contribution in [0.25, 0.3) is 0 Å². The summed E-state index contributed by atoms with van der Waals surface area (Å²) in [4.78, 5) is 21.7. The van der Waals surface area contributed by atoms with Crippen LogP contribution in [0.5, 0.6) is 11.5 Å². The second-order valence-electron chi connectivity index (χ2n) is 11.1. The van der Waals surface area contributed by atoms with Gasteiger partial charge in [-0.15, -0.1) is 0 Å². The highest BCUT2D eigenvalue weighted by molar-refractivity contribution is 6.65. The minimum Gasteiger partial charge on any atom is -0.491 e. The van der Waals surface area contributed by atoms with Crippen LogP contribution in [0.4, 0.5) is 0 Å².